The molecule has 106 valence electrons. The zero-order valence-corrected chi connectivity index (χ0v) is 11.7. The van der Waals surface area contributed by atoms with E-state index in [1.807, 2.05) is 36.9 Å². The summed E-state index contributed by atoms with van der Waals surface area (Å²) in [7, 11) is 0. The fourth-order valence-corrected chi connectivity index (χ4v) is 1.85. The van der Waals surface area contributed by atoms with Gasteiger partial charge in [0.15, 0.2) is 11.6 Å². The van der Waals surface area contributed by atoms with E-state index in [2.05, 4.69) is 20.3 Å². The van der Waals surface area contributed by atoms with E-state index in [1.165, 1.54) is 6.20 Å². The Labute approximate surface area is 117 Å². The number of rotatable bonds is 6. The summed E-state index contributed by atoms with van der Waals surface area (Å²) < 4.78 is 13.9. The van der Waals surface area contributed by atoms with Crippen molar-refractivity contribution in [3.63, 3.8) is 0 Å². The van der Waals surface area contributed by atoms with Gasteiger partial charge in [0.2, 0.25) is 5.95 Å². The van der Waals surface area contributed by atoms with E-state index in [1.54, 1.807) is 6.20 Å². The number of pyridine rings is 1. The molecular formula is C14H18FN5. The number of hydrogen-bond donors (Lipinski definition) is 1. The molecule has 0 bridgehead atoms. The van der Waals surface area contributed by atoms with Gasteiger partial charge in [-0.3, -0.25) is 4.98 Å². The lowest BCUT2D eigenvalue weighted by atomic mass is 10.3. The van der Waals surface area contributed by atoms with E-state index in [0.29, 0.717) is 31.4 Å². The van der Waals surface area contributed by atoms with Crippen LogP contribution in [-0.2, 0) is 6.54 Å². The quantitative estimate of drug-likeness (QED) is 0.877. The first-order valence-electron chi connectivity index (χ1n) is 6.65. The van der Waals surface area contributed by atoms with Gasteiger partial charge >= 0.3 is 0 Å². The van der Waals surface area contributed by atoms with Crippen LogP contribution in [-0.4, -0.2) is 28.0 Å². The molecule has 0 unspecified atom stereocenters. The molecule has 0 saturated heterocycles. The zero-order valence-electron chi connectivity index (χ0n) is 11.7. The van der Waals surface area contributed by atoms with Crippen molar-refractivity contribution in [2.45, 2.75) is 20.4 Å². The Morgan fingerprint density at radius 1 is 1.25 bits per heavy atom. The van der Waals surface area contributed by atoms with E-state index < -0.39 is 5.82 Å². The fourth-order valence-electron chi connectivity index (χ4n) is 1.85. The van der Waals surface area contributed by atoms with E-state index in [4.69, 9.17) is 0 Å². The van der Waals surface area contributed by atoms with Crippen LogP contribution in [0.2, 0.25) is 0 Å². The smallest absolute Gasteiger partial charge is 0.224 e. The zero-order chi connectivity index (χ0) is 14.4. The van der Waals surface area contributed by atoms with Crippen LogP contribution < -0.4 is 10.2 Å². The molecule has 2 rings (SSSR count). The maximum Gasteiger partial charge on any atom is 0.224 e. The first-order valence-corrected chi connectivity index (χ1v) is 6.65. The number of aromatic nitrogens is 3. The molecule has 0 aliphatic rings. The van der Waals surface area contributed by atoms with Crippen molar-refractivity contribution in [1.29, 1.82) is 0 Å². The van der Waals surface area contributed by atoms with Crippen LogP contribution in [0.25, 0.3) is 0 Å². The van der Waals surface area contributed by atoms with Gasteiger partial charge in [0, 0.05) is 19.3 Å². The summed E-state index contributed by atoms with van der Waals surface area (Å²) >= 11 is 0. The summed E-state index contributed by atoms with van der Waals surface area (Å²) in [5, 5.41) is 2.99. The minimum Gasteiger partial charge on any atom is -0.354 e. The molecule has 0 fully saturated rings. The second-order valence-corrected chi connectivity index (χ2v) is 4.23. The highest BCUT2D eigenvalue weighted by atomic mass is 19.1. The average Bonchev–Trinajstić information content (AvgIpc) is 2.48. The molecule has 0 aliphatic carbocycles. The van der Waals surface area contributed by atoms with Crippen LogP contribution in [0.15, 0.2) is 30.6 Å². The van der Waals surface area contributed by atoms with Crippen LogP contribution >= 0.6 is 0 Å². The van der Waals surface area contributed by atoms with Gasteiger partial charge < -0.3 is 10.2 Å². The van der Waals surface area contributed by atoms with Crippen molar-refractivity contribution in [1.82, 2.24) is 15.0 Å². The van der Waals surface area contributed by atoms with Crippen LogP contribution in [0.5, 0.6) is 0 Å². The topological polar surface area (TPSA) is 53.9 Å². The molecule has 2 heterocycles. The molecule has 0 atom stereocenters. The van der Waals surface area contributed by atoms with Crippen molar-refractivity contribution in [2.24, 2.45) is 0 Å². The predicted molar refractivity (Wildman–Crippen MR) is 77.1 cm³/mol. The number of nitrogens with zero attached hydrogens (tertiary/aromatic N) is 4. The average molecular weight is 275 g/mol. The standard InChI is InChI=1S/C14H18FN5/c1-3-16-14-18-9-12(15)13(19-14)20(4-2)10-11-7-5-6-8-17-11/h5-9H,3-4,10H2,1-2H3,(H,16,18,19). The molecule has 0 aliphatic heterocycles. The molecule has 5 nitrogen and oxygen atoms in total. The normalized spacial score (nSPS) is 10.3. The highest BCUT2D eigenvalue weighted by Gasteiger charge is 2.14. The lowest BCUT2D eigenvalue weighted by Gasteiger charge is -2.22. The summed E-state index contributed by atoms with van der Waals surface area (Å²) in [6.07, 6.45) is 2.92. The van der Waals surface area contributed by atoms with Crippen molar-refractivity contribution >= 4 is 11.8 Å². The maximum absolute atomic E-state index is 13.9. The lowest BCUT2D eigenvalue weighted by Crippen LogP contribution is -2.25. The minimum atomic E-state index is -0.426. The van der Waals surface area contributed by atoms with Crippen molar-refractivity contribution < 1.29 is 4.39 Å². The highest BCUT2D eigenvalue weighted by Crippen LogP contribution is 2.19. The van der Waals surface area contributed by atoms with E-state index in [-0.39, 0.29) is 0 Å². The van der Waals surface area contributed by atoms with E-state index in [0.717, 1.165) is 5.69 Å². The van der Waals surface area contributed by atoms with Crippen LogP contribution in [0.4, 0.5) is 16.2 Å². The first kappa shape index (κ1) is 14.2. The summed E-state index contributed by atoms with van der Waals surface area (Å²) in [6, 6.07) is 5.68. The van der Waals surface area contributed by atoms with Gasteiger partial charge in [-0.05, 0) is 26.0 Å². The van der Waals surface area contributed by atoms with Crippen LogP contribution in [0.1, 0.15) is 19.5 Å². The van der Waals surface area contributed by atoms with Crippen LogP contribution in [0.3, 0.4) is 0 Å². The maximum atomic E-state index is 13.9. The number of hydrogen-bond acceptors (Lipinski definition) is 5. The Hall–Kier alpha value is -2.24. The second-order valence-electron chi connectivity index (χ2n) is 4.23. The second kappa shape index (κ2) is 6.79. The van der Waals surface area contributed by atoms with Gasteiger partial charge in [-0.1, -0.05) is 6.07 Å². The molecule has 0 spiro atoms. The summed E-state index contributed by atoms with van der Waals surface area (Å²) in [6.45, 7) is 5.74. The number of nitrogens with one attached hydrogen (secondary N) is 1. The Kier molecular flexibility index (Phi) is 4.81. The largest absolute Gasteiger partial charge is 0.354 e. The molecule has 6 heteroatoms. The Morgan fingerprint density at radius 2 is 2.10 bits per heavy atom. The summed E-state index contributed by atoms with van der Waals surface area (Å²) in [5.41, 5.74) is 0.873. The monoisotopic (exact) mass is 275 g/mol. The Morgan fingerprint density at radius 3 is 2.75 bits per heavy atom. The van der Waals surface area contributed by atoms with E-state index in [9.17, 15) is 4.39 Å². The number of anilines is 2. The molecule has 0 radical (unpaired) electrons. The van der Waals surface area contributed by atoms with E-state index >= 15 is 0 Å². The van der Waals surface area contributed by atoms with Gasteiger partial charge in [0.1, 0.15) is 0 Å². The van der Waals surface area contributed by atoms with Crippen molar-refractivity contribution in [3.05, 3.63) is 42.1 Å². The van der Waals surface area contributed by atoms with Crippen molar-refractivity contribution in [3.8, 4) is 0 Å². The molecule has 0 saturated carbocycles. The highest BCUT2D eigenvalue weighted by molar-refractivity contribution is 5.44. The molecule has 0 amide bonds. The summed E-state index contributed by atoms with van der Waals surface area (Å²) in [4.78, 5) is 14.2. The molecule has 2 aromatic rings. The van der Waals surface area contributed by atoms with Crippen LogP contribution in [0, 0.1) is 5.82 Å². The molecule has 1 N–H and O–H groups in total. The minimum absolute atomic E-state index is 0.295. The molecule has 0 aromatic carbocycles. The Bertz CT molecular complexity index is 547. The third kappa shape index (κ3) is 3.40. The first-order chi connectivity index (χ1) is 9.74. The van der Waals surface area contributed by atoms with Gasteiger partial charge in [-0.25, -0.2) is 9.37 Å². The lowest BCUT2D eigenvalue weighted by molar-refractivity contribution is 0.601. The van der Waals surface area contributed by atoms with Gasteiger partial charge in [-0.2, -0.15) is 4.98 Å². The summed E-state index contributed by atoms with van der Waals surface area (Å²) in [5.74, 6) is 0.303. The molecule has 2 aromatic heterocycles. The molecule has 20 heavy (non-hydrogen) atoms. The SMILES string of the molecule is CCNc1ncc(F)c(N(CC)Cc2ccccn2)n1. The third-order valence-electron chi connectivity index (χ3n) is 2.82. The van der Waals surface area contributed by atoms with Gasteiger partial charge in [-0.15, -0.1) is 0 Å². The number of halogens is 1. The third-order valence-corrected chi connectivity index (χ3v) is 2.82. The van der Waals surface area contributed by atoms with Gasteiger partial charge in [0.05, 0.1) is 18.4 Å². The molecular weight excluding hydrogens is 257 g/mol. The Balaban J connectivity index is 2.24. The van der Waals surface area contributed by atoms with Gasteiger partial charge in [0.25, 0.3) is 0 Å². The predicted octanol–water partition coefficient (Wildman–Crippen LogP) is 2.47. The van der Waals surface area contributed by atoms with Crippen molar-refractivity contribution in [2.75, 3.05) is 23.3 Å². The fraction of sp³-hybridized carbons (Fsp3) is 0.357.